The van der Waals surface area contributed by atoms with Crippen molar-refractivity contribution >= 4 is 5.97 Å². The molecule has 1 atom stereocenters. The van der Waals surface area contributed by atoms with Crippen molar-refractivity contribution in [3.05, 3.63) is 12.2 Å². The van der Waals surface area contributed by atoms with Crippen LogP contribution in [0.3, 0.4) is 0 Å². The first-order valence-corrected chi connectivity index (χ1v) is 8.71. The summed E-state index contributed by atoms with van der Waals surface area (Å²) in [4.78, 5) is 10.3. The SMILES string of the molecule is CCCCCCC(O)C/C=C\CCCCCCCC(=O)O.[Ag]. The summed E-state index contributed by atoms with van der Waals surface area (Å²) in [6, 6.07) is 0. The Bertz CT molecular complexity index is 267. The number of carboxylic acid groups (broad SMARTS) is 1. The van der Waals surface area contributed by atoms with Crippen molar-refractivity contribution in [2.45, 2.75) is 96.5 Å². The normalized spacial score (nSPS) is 12.3. The summed E-state index contributed by atoms with van der Waals surface area (Å²) in [5, 5.41) is 18.3. The van der Waals surface area contributed by atoms with Gasteiger partial charge in [-0.3, -0.25) is 4.79 Å². The van der Waals surface area contributed by atoms with Gasteiger partial charge in [-0.05, 0) is 32.1 Å². The van der Waals surface area contributed by atoms with Crippen LogP contribution in [0.1, 0.15) is 90.4 Å². The zero-order valence-corrected chi connectivity index (χ0v) is 15.5. The zero-order chi connectivity index (χ0) is 15.8. The zero-order valence-electron chi connectivity index (χ0n) is 14.0. The van der Waals surface area contributed by atoms with Gasteiger partial charge in [0.1, 0.15) is 0 Å². The number of rotatable bonds is 15. The first-order valence-electron chi connectivity index (χ1n) is 8.71. The smallest absolute Gasteiger partial charge is 0.303 e. The summed E-state index contributed by atoms with van der Waals surface area (Å²) < 4.78 is 0. The van der Waals surface area contributed by atoms with Crippen molar-refractivity contribution in [1.82, 2.24) is 0 Å². The molecule has 3 nitrogen and oxygen atoms in total. The number of aliphatic carboxylic acids is 1. The van der Waals surface area contributed by atoms with Gasteiger partial charge in [0.15, 0.2) is 0 Å². The Morgan fingerprint density at radius 3 is 2.27 bits per heavy atom. The first-order chi connectivity index (χ1) is 10.2. The third kappa shape index (κ3) is 19.9. The quantitative estimate of drug-likeness (QED) is 0.227. The third-order valence-corrected chi connectivity index (χ3v) is 3.73. The predicted molar refractivity (Wildman–Crippen MR) is 88.5 cm³/mol. The number of unbranched alkanes of at least 4 members (excludes halogenated alkanes) is 8. The Morgan fingerprint density at radius 1 is 0.955 bits per heavy atom. The summed E-state index contributed by atoms with van der Waals surface area (Å²) >= 11 is 0. The van der Waals surface area contributed by atoms with Gasteiger partial charge in [-0.25, -0.2) is 0 Å². The Hall–Kier alpha value is -0.0897. The van der Waals surface area contributed by atoms with Gasteiger partial charge in [-0.15, -0.1) is 0 Å². The van der Waals surface area contributed by atoms with Crippen molar-refractivity contribution in [3.63, 3.8) is 0 Å². The van der Waals surface area contributed by atoms with E-state index >= 15 is 0 Å². The summed E-state index contributed by atoms with van der Waals surface area (Å²) in [6.45, 7) is 2.20. The minimum absolute atomic E-state index is 0. The van der Waals surface area contributed by atoms with Crippen molar-refractivity contribution < 1.29 is 37.4 Å². The molecule has 0 saturated carbocycles. The monoisotopic (exact) mass is 405 g/mol. The molecule has 0 aromatic rings. The largest absolute Gasteiger partial charge is 0.481 e. The number of allylic oxidation sites excluding steroid dienone is 1. The van der Waals surface area contributed by atoms with Crippen LogP contribution in [0.5, 0.6) is 0 Å². The molecule has 0 saturated heterocycles. The third-order valence-electron chi connectivity index (χ3n) is 3.73. The maximum Gasteiger partial charge on any atom is 0.303 e. The van der Waals surface area contributed by atoms with Gasteiger partial charge in [0.05, 0.1) is 6.10 Å². The van der Waals surface area contributed by atoms with Crippen LogP contribution in [0.4, 0.5) is 0 Å². The van der Waals surface area contributed by atoms with E-state index in [1.807, 2.05) is 0 Å². The Morgan fingerprint density at radius 2 is 1.59 bits per heavy atom. The Labute approximate surface area is 152 Å². The number of carbonyl (C=O) groups is 1. The van der Waals surface area contributed by atoms with Gasteiger partial charge < -0.3 is 10.2 Å². The molecule has 0 bridgehead atoms. The molecule has 0 heterocycles. The van der Waals surface area contributed by atoms with E-state index in [0.717, 1.165) is 51.4 Å². The Balaban J connectivity index is 0. The van der Waals surface area contributed by atoms with Gasteiger partial charge in [0, 0.05) is 28.8 Å². The molecule has 0 rings (SSSR count). The molecule has 22 heavy (non-hydrogen) atoms. The second-order valence-electron chi connectivity index (χ2n) is 5.91. The Kier molecular flexibility index (Phi) is 20.8. The van der Waals surface area contributed by atoms with Crippen LogP contribution in [0.25, 0.3) is 0 Å². The molecular formula is C18H34AgO3. The van der Waals surface area contributed by atoms with Gasteiger partial charge in [0.2, 0.25) is 0 Å². The summed E-state index contributed by atoms with van der Waals surface area (Å²) in [6.07, 6.45) is 17.4. The molecule has 0 fully saturated rings. The van der Waals surface area contributed by atoms with Crippen LogP contribution >= 0.6 is 0 Å². The van der Waals surface area contributed by atoms with Crippen molar-refractivity contribution in [1.29, 1.82) is 0 Å². The minimum Gasteiger partial charge on any atom is -0.481 e. The molecule has 135 valence electrons. The number of aliphatic hydroxyl groups excluding tert-OH is 1. The van der Waals surface area contributed by atoms with E-state index in [4.69, 9.17) is 5.11 Å². The number of aliphatic hydroxyl groups is 1. The van der Waals surface area contributed by atoms with E-state index < -0.39 is 5.97 Å². The maximum atomic E-state index is 10.3. The van der Waals surface area contributed by atoms with Gasteiger partial charge in [0.25, 0.3) is 0 Å². The van der Waals surface area contributed by atoms with Gasteiger partial charge in [-0.1, -0.05) is 64.0 Å². The van der Waals surface area contributed by atoms with Crippen LogP contribution in [-0.2, 0) is 27.2 Å². The first kappa shape index (κ1) is 24.2. The fraction of sp³-hybridized carbons (Fsp3) is 0.833. The number of hydrogen-bond acceptors (Lipinski definition) is 2. The van der Waals surface area contributed by atoms with E-state index in [-0.39, 0.29) is 28.5 Å². The summed E-state index contributed by atoms with van der Waals surface area (Å²) in [5.41, 5.74) is 0. The van der Waals surface area contributed by atoms with Gasteiger partial charge in [-0.2, -0.15) is 0 Å². The number of carboxylic acids is 1. The average Bonchev–Trinajstić information content (AvgIpc) is 2.45. The molecule has 0 amide bonds. The fourth-order valence-corrected chi connectivity index (χ4v) is 2.36. The van der Waals surface area contributed by atoms with E-state index in [9.17, 15) is 9.90 Å². The van der Waals surface area contributed by atoms with Gasteiger partial charge >= 0.3 is 5.97 Å². The van der Waals surface area contributed by atoms with E-state index in [1.165, 1.54) is 25.7 Å². The molecule has 0 aliphatic carbocycles. The molecule has 0 spiro atoms. The topological polar surface area (TPSA) is 57.5 Å². The summed E-state index contributed by atoms with van der Waals surface area (Å²) in [7, 11) is 0. The van der Waals surface area contributed by atoms with E-state index in [0.29, 0.717) is 6.42 Å². The fourth-order valence-electron chi connectivity index (χ4n) is 2.36. The average molecular weight is 406 g/mol. The molecule has 0 aliphatic heterocycles. The second kappa shape index (κ2) is 19.0. The molecule has 0 aliphatic rings. The van der Waals surface area contributed by atoms with E-state index in [1.54, 1.807) is 0 Å². The van der Waals surface area contributed by atoms with Crippen LogP contribution in [-0.4, -0.2) is 22.3 Å². The minimum atomic E-state index is -0.689. The molecule has 0 aromatic carbocycles. The van der Waals surface area contributed by atoms with Crippen molar-refractivity contribution in [3.8, 4) is 0 Å². The van der Waals surface area contributed by atoms with Crippen molar-refractivity contribution in [2.24, 2.45) is 0 Å². The standard InChI is InChI=1S/C18H34O3.Ag/c1-2-3-4-11-14-17(19)15-12-9-7-5-6-8-10-13-16-18(20)21;/h9,12,17,19H,2-8,10-11,13-16H2,1H3,(H,20,21);/b12-9-;. The van der Waals surface area contributed by atoms with Crippen molar-refractivity contribution in [2.75, 3.05) is 0 Å². The van der Waals surface area contributed by atoms with Crippen LogP contribution in [0, 0.1) is 0 Å². The predicted octanol–water partition coefficient (Wildman–Crippen LogP) is 5.08. The molecule has 0 aromatic heterocycles. The summed E-state index contributed by atoms with van der Waals surface area (Å²) in [5.74, 6) is -0.689. The molecule has 4 heteroatoms. The molecular weight excluding hydrogens is 372 g/mol. The molecule has 1 radical (unpaired) electrons. The van der Waals surface area contributed by atoms with Crippen LogP contribution in [0.2, 0.25) is 0 Å². The maximum absolute atomic E-state index is 10.3. The second-order valence-corrected chi connectivity index (χ2v) is 5.91. The van der Waals surface area contributed by atoms with Crippen LogP contribution in [0.15, 0.2) is 12.2 Å². The molecule has 1 unspecified atom stereocenters. The van der Waals surface area contributed by atoms with Crippen LogP contribution < -0.4 is 0 Å². The van der Waals surface area contributed by atoms with E-state index in [2.05, 4.69) is 19.1 Å². The number of hydrogen-bond donors (Lipinski definition) is 2. The molecule has 2 N–H and O–H groups in total.